The van der Waals surface area contributed by atoms with Crippen LogP contribution in [0.3, 0.4) is 0 Å². The van der Waals surface area contributed by atoms with Crippen molar-refractivity contribution in [2.75, 3.05) is 17.7 Å². The zero-order valence-corrected chi connectivity index (χ0v) is 21.2. The van der Waals surface area contributed by atoms with Crippen LogP contribution in [0.15, 0.2) is 61.3 Å². The van der Waals surface area contributed by atoms with E-state index in [1.54, 1.807) is 0 Å². The van der Waals surface area contributed by atoms with Crippen molar-refractivity contribution in [3.05, 3.63) is 36.4 Å². The second-order valence-corrected chi connectivity index (χ2v) is 11.5. The average Bonchev–Trinajstić information content (AvgIpc) is 2.75. The molecule has 0 atom stereocenters. The molecule has 0 bridgehead atoms. The van der Waals surface area contributed by atoms with Crippen LogP contribution in [0.5, 0.6) is 5.75 Å². The predicted molar refractivity (Wildman–Crippen MR) is 130 cm³/mol. The third-order valence-electron chi connectivity index (χ3n) is 4.80. The molecule has 0 heterocycles. The van der Waals surface area contributed by atoms with Gasteiger partial charge in [0.05, 0.1) is 5.69 Å². The summed E-state index contributed by atoms with van der Waals surface area (Å²) in [6.45, 7) is 1.16. The van der Waals surface area contributed by atoms with Crippen molar-refractivity contribution >= 4 is 69.8 Å². The summed E-state index contributed by atoms with van der Waals surface area (Å²) in [4.78, 5) is 8.57. The molecule has 3 aromatic carbocycles. The van der Waals surface area contributed by atoms with Crippen LogP contribution in [0.1, 0.15) is 6.92 Å². The third-order valence-corrected chi connectivity index (χ3v) is 7.53. The van der Waals surface area contributed by atoms with E-state index >= 15 is 0 Å². The Bertz CT molecular complexity index is 1800. The lowest BCUT2D eigenvalue weighted by molar-refractivity contribution is -0.114. The summed E-state index contributed by atoms with van der Waals surface area (Å²) in [7, 11) is -13.8. The van der Waals surface area contributed by atoms with Crippen molar-refractivity contribution in [3.8, 4) is 5.75 Å². The van der Waals surface area contributed by atoms with Crippen molar-refractivity contribution < 1.29 is 48.8 Å². The Hall–Kier alpha value is -3.68. The van der Waals surface area contributed by atoms with Crippen molar-refractivity contribution in [2.24, 2.45) is 10.2 Å². The van der Waals surface area contributed by atoms with Crippen molar-refractivity contribution in [1.29, 1.82) is 0 Å². The SMILES string of the molecule is CNc1ccc2c(O)c(N=Nc3cc(NC(C)=O)ccc3S(=O)(=O)O)c(S(=O)(=O)O)cc2c1S(=O)(=O)O. The second-order valence-electron chi connectivity index (χ2n) is 7.35. The van der Waals surface area contributed by atoms with E-state index < -0.39 is 73.5 Å². The smallest absolute Gasteiger partial charge is 0.297 e. The van der Waals surface area contributed by atoms with Gasteiger partial charge in [-0.2, -0.15) is 25.3 Å². The van der Waals surface area contributed by atoms with Gasteiger partial charge in [0, 0.05) is 30.4 Å². The molecule has 3 aromatic rings. The first-order valence-corrected chi connectivity index (χ1v) is 14.0. The molecule has 37 heavy (non-hydrogen) atoms. The summed E-state index contributed by atoms with van der Waals surface area (Å²) >= 11 is 0. The van der Waals surface area contributed by atoms with Gasteiger partial charge in [0.15, 0.2) is 5.75 Å². The molecule has 0 fully saturated rings. The van der Waals surface area contributed by atoms with Gasteiger partial charge in [0.25, 0.3) is 30.4 Å². The second kappa shape index (κ2) is 9.65. The van der Waals surface area contributed by atoms with Gasteiger partial charge in [-0.25, -0.2) is 0 Å². The number of aromatic hydroxyl groups is 1. The van der Waals surface area contributed by atoms with Crippen LogP contribution in [0, 0.1) is 0 Å². The van der Waals surface area contributed by atoms with Crippen molar-refractivity contribution in [2.45, 2.75) is 21.6 Å². The Morgan fingerprint density at radius 1 is 0.811 bits per heavy atom. The number of anilines is 2. The molecule has 3 rings (SSSR count). The normalized spacial score (nSPS) is 12.7. The van der Waals surface area contributed by atoms with Crippen LogP contribution in [-0.2, 0) is 35.1 Å². The number of hydrogen-bond donors (Lipinski definition) is 6. The molecule has 0 radical (unpaired) electrons. The molecule has 0 aliphatic carbocycles. The number of azo groups is 1. The van der Waals surface area contributed by atoms with Gasteiger partial charge >= 0.3 is 0 Å². The number of nitrogens with one attached hydrogen (secondary N) is 2. The Balaban J connectivity index is 2.40. The number of carbonyl (C=O) groups is 1. The summed E-state index contributed by atoms with van der Waals surface area (Å²) in [5, 5.41) is 21.9. The van der Waals surface area contributed by atoms with E-state index in [-0.39, 0.29) is 16.8 Å². The molecule has 0 spiro atoms. The molecule has 0 saturated carbocycles. The van der Waals surface area contributed by atoms with Crippen LogP contribution in [0.2, 0.25) is 0 Å². The van der Waals surface area contributed by atoms with Gasteiger partial charge in [-0.3, -0.25) is 18.5 Å². The van der Waals surface area contributed by atoms with Crippen LogP contribution in [0.4, 0.5) is 22.7 Å². The summed E-state index contributed by atoms with van der Waals surface area (Å²) < 4.78 is 101. The summed E-state index contributed by atoms with van der Waals surface area (Å²) in [6.07, 6.45) is 0. The quantitative estimate of drug-likeness (QED) is 0.176. The fourth-order valence-corrected chi connectivity index (χ4v) is 5.51. The molecule has 18 heteroatoms. The fourth-order valence-electron chi connectivity index (χ4n) is 3.36. The molecular weight excluding hydrogens is 556 g/mol. The summed E-state index contributed by atoms with van der Waals surface area (Å²) in [5.74, 6) is -1.55. The first kappa shape index (κ1) is 27.9. The maximum atomic E-state index is 12.1. The lowest BCUT2D eigenvalue weighted by Crippen LogP contribution is -2.06. The maximum absolute atomic E-state index is 12.1. The minimum Gasteiger partial charge on any atom is -0.505 e. The molecular formula is C19H18N4O11S3. The van der Waals surface area contributed by atoms with Crippen LogP contribution in [0.25, 0.3) is 10.8 Å². The van der Waals surface area contributed by atoms with Gasteiger partial charge in [0.1, 0.15) is 26.1 Å². The Labute approximate surface area is 210 Å². The number of hydrogen-bond acceptors (Lipinski definition) is 11. The van der Waals surface area contributed by atoms with E-state index in [0.29, 0.717) is 6.07 Å². The zero-order chi connectivity index (χ0) is 27.9. The van der Waals surface area contributed by atoms with Crippen LogP contribution in [-0.4, -0.2) is 57.0 Å². The molecule has 0 aromatic heterocycles. The number of phenolic OH excluding ortho intramolecular Hbond substituents is 1. The van der Waals surface area contributed by atoms with Crippen molar-refractivity contribution in [1.82, 2.24) is 0 Å². The number of phenols is 1. The molecule has 15 nitrogen and oxygen atoms in total. The molecule has 0 saturated heterocycles. The first-order valence-electron chi connectivity index (χ1n) is 9.71. The van der Waals surface area contributed by atoms with Crippen LogP contribution >= 0.6 is 0 Å². The van der Waals surface area contributed by atoms with Gasteiger partial charge in [-0.15, -0.1) is 10.2 Å². The summed E-state index contributed by atoms with van der Waals surface area (Å²) in [5.41, 5.74) is -1.68. The van der Waals surface area contributed by atoms with Gasteiger partial charge in [-0.1, -0.05) is 0 Å². The minimum atomic E-state index is -5.23. The van der Waals surface area contributed by atoms with E-state index in [2.05, 4.69) is 20.9 Å². The highest BCUT2D eigenvalue weighted by Crippen LogP contribution is 2.45. The van der Waals surface area contributed by atoms with E-state index in [1.165, 1.54) is 7.05 Å². The van der Waals surface area contributed by atoms with Gasteiger partial charge < -0.3 is 15.7 Å². The average molecular weight is 575 g/mol. The topological polar surface area (TPSA) is 249 Å². The number of nitrogens with zero attached hydrogens (tertiary/aromatic N) is 2. The predicted octanol–water partition coefficient (Wildman–Crippen LogP) is 2.70. The van der Waals surface area contributed by atoms with E-state index in [9.17, 15) is 48.8 Å². The number of fused-ring (bicyclic) bond motifs is 1. The Morgan fingerprint density at radius 2 is 1.43 bits per heavy atom. The fraction of sp³-hybridized carbons (Fsp3) is 0.105. The minimum absolute atomic E-state index is 0.0176. The lowest BCUT2D eigenvalue weighted by atomic mass is 10.1. The largest absolute Gasteiger partial charge is 0.505 e. The Kier molecular flexibility index (Phi) is 7.28. The monoisotopic (exact) mass is 574 g/mol. The number of rotatable bonds is 7. The number of benzene rings is 3. The highest BCUT2D eigenvalue weighted by atomic mass is 32.2. The lowest BCUT2D eigenvalue weighted by Gasteiger charge is -2.14. The molecule has 0 aliphatic heterocycles. The van der Waals surface area contributed by atoms with Gasteiger partial charge in [0.2, 0.25) is 5.91 Å². The van der Waals surface area contributed by atoms with Crippen molar-refractivity contribution in [3.63, 3.8) is 0 Å². The molecule has 1 amide bonds. The number of carbonyl (C=O) groups excluding carboxylic acids is 1. The highest BCUT2D eigenvalue weighted by Gasteiger charge is 2.27. The standard InChI is InChI=1S/C19H18N4O11S3/c1-9(24)21-10-3-6-15(35(26,27)28)14(7-10)22-23-17-16(36(29,30)31)8-12-11(18(17)25)4-5-13(20-2)19(12)37(32,33)34/h3-8,20,25H,1-2H3,(H,21,24)(H,26,27,28)(H,29,30,31)(H,32,33,34). The van der Waals surface area contributed by atoms with Gasteiger partial charge in [-0.05, 0) is 36.4 Å². The van der Waals surface area contributed by atoms with E-state index in [0.717, 1.165) is 37.3 Å². The molecule has 0 unspecified atom stereocenters. The third kappa shape index (κ3) is 5.84. The van der Waals surface area contributed by atoms with E-state index in [1.807, 2.05) is 0 Å². The molecule has 6 N–H and O–H groups in total. The maximum Gasteiger partial charge on any atom is 0.297 e. The number of amides is 1. The molecule has 198 valence electrons. The zero-order valence-electron chi connectivity index (χ0n) is 18.7. The summed E-state index contributed by atoms with van der Waals surface area (Å²) in [6, 6.07) is 5.87. The highest BCUT2D eigenvalue weighted by molar-refractivity contribution is 7.86. The molecule has 0 aliphatic rings. The van der Waals surface area contributed by atoms with E-state index in [4.69, 9.17) is 0 Å². The van der Waals surface area contributed by atoms with Crippen LogP contribution < -0.4 is 10.6 Å². The Morgan fingerprint density at radius 3 is 1.95 bits per heavy atom. The first-order chi connectivity index (χ1) is 16.9.